The normalized spacial score (nSPS) is 12.0. The average Bonchev–Trinajstić information content (AvgIpc) is 3.44. The van der Waals surface area contributed by atoms with Gasteiger partial charge in [-0.2, -0.15) is 0 Å². The number of carbonyl (C=O) groups is 1. The Labute approximate surface area is 171 Å². The second kappa shape index (κ2) is 7.41. The SMILES string of the molecule is O=C(Nc1cccc(-c2csc(-c3ccccc3)n2)c1)c1ccc2c(c1)OCO2. The van der Waals surface area contributed by atoms with Crippen LogP contribution in [0, 0.1) is 0 Å². The molecule has 4 aromatic rings. The molecule has 1 amide bonds. The summed E-state index contributed by atoms with van der Waals surface area (Å²) in [5.74, 6) is 1.03. The van der Waals surface area contributed by atoms with E-state index in [1.54, 1.807) is 29.5 Å². The van der Waals surface area contributed by atoms with E-state index in [2.05, 4.69) is 5.32 Å². The van der Waals surface area contributed by atoms with Gasteiger partial charge in [-0.1, -0.05) is 42.5 Å². The van der Waals surface area contributed by atoms with Gasteiger partial charge in [-0.05, 0) is 30.3 Å². The van der Waals surface area contributed by atoms with Crippen molar-refractivity contribution in [3.8, 4) is 33.3 Å². The fourth-order valence-electron chi connectivity index (χ4n) is 3.12. The second-order valence-corrected chi connectivity index (χ2v) is 7.36. The third-order valence-electron chi connectivity index (χ3n) is 4.58. The van der Waals surface area contributed by atoms with Crippen molar-refractivity contribution in [2.75, 3.05) is 12.1 Å². The number of amides is 1. The predicted molar refractivity (Wildman–Crippen MR) is 114 cm³/mol. The summed E-state index contributed by atoms with van der Waals surface area (Å²) in [6.45, 7) is 0.182. The number of fused-ring (bicyclic) bond motifs is 1. The van der Waals surface area contributed by atoms with E-state index in [-0.39, 0.29) is 12.7 Å². The number of thiazole rings is 1. The lowest BCUT2D eigenvalue weighted by Gasteiger charge is -2.07. The lowest BCUT2D eigenvalue weighted by atomic mass is 10.1. The number of nitrogens with one attached hydrogen (secondary N) is 1. The molecule has 29 heavy (non-hydrogen) atoms. The molecular weight excluding hydrogens is 384 g/mol. The maximum atomic E-state index is 12.6. The van der Waals surface area contributed by atoms with Crippen molar-refractivity contribution in [3.63, 3.8) is 0 Å². The van der Waals surface area contributed by atoms with Gasteiger partial charge in [0.25, 0.3) is 5.91 Å². The number of rotatable bonds is 4. The van der Waals surface area contributed by atoms with Crippen LogP contribution in [0.3, 0.4) is 0 Å². The molecule has 2 heterocycles. The van der Waals surface area contributed by atoms with Crippen LogP contribution in [0.2, 0.25) is 0 Å². The van der Waals surface area contributed by atoms with Gasteiger partial charge >= 0.3 is 0 Å². The van der Waals surface area contributed by atoms with Gasteiger partial charge in [0.05, 0.1) is 5.69 Å². The zero-order valence-corrected chi connectivity index (χ0v) is 16.1. The second-order valence-electron chi connectivity index (χ2n) is 6.51. The molecular formula is C23H16N2O3S. The molecule has 142 valence electrons. The van der Waals surface area contributed by atoms with Crippen molar-refractivity contribution in [3.05, 3.63) is 83.7 Å². The van der Waals surface area contributed by atoms with Crippen LogP contribution in [-0.4, -0.2) is 17.7 Å². The first-order chi connectivity index (χ1) is 14.3. The summed E-state index contributed by atoms with van der Waals surface area (Å²) in [7, 11) is 0. The van der Waals surface area contributed by atoms with Crippen LogP contribution in [0.4, 0.5) is 5.69 Å². The number of hydrogen-bond acceptors (Lipinski definition) is 5. The Morgan fingerprint density at radius 1 is 0.897 bits per heavy atom. The van der Waals surface area contributed by atoms with Crippen LogP contribution in [0.5, 0.6) is 11.5 Å². The summed E-state index contributed by atoms with van der Waals surface area (Å²) in [6.07, 6.45) is 0. The van der Waals surface area contributed by atoms with Gasteiger partial charge in [-0.15, -0.1) is 11.3 Å². The van der Waals surface area contributed by atoms with Gasteiger partial charge in [-0.25, -0.2) is 4.98 Å². The molecule has 5 rings (SSSR count). The number of hydrogen-bond donors (Lipinski definition) is 1. The molecule has 1 aromatic heterocycles. The molecule has 0 aliphatic carbocycles. The van der Waals surface area contributed by atoms with E-state index in [4.69, 9.17) is 14.5 Å². The Morgan fingerprint density at radius 3 is 2.62 bits per heavy atom. The van der Waals surface area contributed by atoms with E-state index in [0.29, 0.717) is 22.7 Å². The van der Waals surface area contributed by atoms with Crippen molar-refractivity contribution >= 4 is 22.9 Å². The Balaban J connectivity index is 1.36. The van der Waals surface area contributed by atoms with E-state index in [0.717, 1.165) is 21.8 Å². The Bertz CT molecular complexity index is 1190. The Hall–Kier alpha value is -3.64. The van der Waals surface area contributed by atoms with Gasteiger partial charge in [-0.3, -0.25) is 4.79 Å². The number of anilines is 1. The van der Waals surface area contributed by atoms with Crippen molar-refractivity contribution in [2.24, 2.45) is 0 Å². The fourth-order valence-corrected chi connectivity index (χ4v) is 3.95. The summed E-state index contributed by atoms with van der Waals surface area (Å²) in [6, 6.07) is 22.9. The smallest absolute Gasteiger partial charge is 0.255 e. The zero-order valence-electron chi connectivity index (χ0n) is 15.3. The van der Waals surface area contributed by atoms with Crippen LogP contribution >= 0.6 is 11.3 Å². The molecule has 6 heteroatoms. The molecule has 5 nitrogen and oxygen atoms in total. The maximum Gasteiger partial charge on any atom is 0.255 e. The summed E-state index contributed by atoms with van der Waals surface area (Å²) >= 11 is 1.60. The number of carbonyl (C=O) groups excluding carboxylic acids is 1. The van der Waals surface area contributed by atoms with Crippen molar-refractivity contribution in [2.45, 2.75) is 0 Å². The number of aromatic nitrogens is 1. The minimum Gasteiger partial charge on any atom is -0.454 e. The lowest BCUT2D eigenvalue weighted by Crippen LogP contribution is -2.11. The van der Waals surface area contributed by atoms with E-state index in [1.807, 2.05) is 60.0 Å². The zero-order chi connectivity index (χ0) is 19.6. The highest BCUT2D eigenvalue weighted by atomic mass is 32.1. The Kier molecular flexibility index (Phi) is 4.46. The summed E-state index contributed by atoms with van der Waals surface area (Å²) in [5, 5.41) is 5.94. The van der Waals surface area contributed by atoms with Crippen molar-refractivity contribution < 1.29 is 14.3 Å². The molecule has 0 bridgehead atoms. The molecule has 1 N–H and O–H groups in total. The van der Waals surface area contributed by atoms with Gasteiger partial charge in [0.2, 0.25) is 6.79 Å². The van der Waals surface area contributed by atoms with Gasteiger partial charge < -0.3 is 14.8 Å². The van der Waals surface area contributed by atoms with Crippen LogP contribution in [0.1, 0.15) is 10.4 Å². The minimum absolute atomic E-state index is 0.182. The highest BCUT2D eigenvalue weighted by Crippen LogP contribution is 2.33. The molecule has 0 radical (unpaired) electrons. The summed E-state index contributed by atoms with van der Waals surface area (Å²) in [5.41, 5.74) is 4.15. The van der Waals surface area contributed by atoms with E-state index in [9.17, 15) is 4.79 Å². The minimum atomic E-state index is -0.205. The molecule has 0 saturated heterocycles. The van der Waals surface area contributed by atoms with E-state index >= 15 is 0 Å². The first-order valence-electron chi connectivity index (χ1n) is 9.09. The van der Waals surface area contributed by atoms with Gasteiger partial charge in [0, 0.05) is 27.8 Å². The number of nitrogens with zero attached hydrogens (tertiary/aromatic N) is 1. The average molecular weight is 400 g/mol. The Morgan fingerprint density at radius 2 is 1.72 bits per heavy atom. The summed E-state index contributed by atoms with van der Waals surface area (Å²) < 4.78 is 10.6. The van der Waals surface area contributed by atoms with E-state index < -0.39 is 0 Å². The molecule has 3 aromatic carbocycles. The topological polar surface area (TPSA) is 60.5 Å². The van der Waals surface area contributed by atoms with E-state index in [1.165, 1.54) is 0 Å². The monoisotopic (exact) mass is 400 g/mol. The maximum absolute atomic E-state index is 12.6. The quantitative estimate of drug-likeness (QED) is 0.494. The van der Waals surface area contributed by atoms with Crippen LogP contribution in [-0.2, 0) is 0 Å². The number of benzene rings is 3. The molecule has 0 fully saturated rings. The van der Waals surface area contributed by atoms with Gasteiger partial charge in [0.15, 0.2) is 11.5 Å². The molecule has 0 atom stereocenters. The highest BCUT2D eigenvalue weighted by Gasteiger charge is 2.16. The first-order valence-corrected chi connectivity index (χ1v) is 9.97. The standard InChI is InChI=1S/C23H16N2O3S/c26-22(17-9-10-20-21(12-17)28-14-27-20)24-18-8-4-7-16(11-18)19-13-29-23(25-19)15-5-2-1-3-6-15/h1-13H,14H2,(H,24,26). The molecule has 1 aliphatic heterocycles. The van der Waals surface area contributed by atoms with Crippen molar-refractivity contribution in [1.29, 1.82) is 0 Å². The molecule has 0 spiro atoms. The molecule has 0 unspecified atom stereocenters. The van der Waals surface area contributed by atoms with Crippen LogP contribution < -0.4 is 14.8 Å². The molecule has 1 aliphatic rings. The fraction of sp³-hybridized carbons (Fsp3) is 0.0435. The largest absolute Gasteiger partial charge is 0.454 e. The van der Waals surface area contributed by atoms with Crippen LogP contribution in [0.15, 0.2) is 78.2 Å². The first kappa shape index (κ1) is 17.5. The third-order valence-corrected chi connectivity index (χ3v) is 5.47. The lowest BCUT2D eigenvalue weighted by molar-refractivity contribution is 0.102. The highest BCUT2D eigenvalue weighted by molar-refractivity contribution is 7.13. The van der Waals surface area contributed by atoms with Crippen molar-refractivity contribution in [1.82, 2.24) is 4.98 Å². The number of ether oxygens (including phenoxy) is 2. The predicted octanol–water partition coefficient (Wildman–Crippen LogP) is 5.46. The van der Waals surface area contributed by atoms with Gasteiger partial charge in [0.1, 0.15) is 5.01 Å². The molecule has 0 saturated carbocycles. The summed E-state index contributed by atoms with van der Waals surface area (Å²) in [4.78, 5) is 17.4. The third kappa shape index (κ3) is 3.58. The van der Waals surface area contributed by atoms with Crippen LogP contribution in [0.25, 0.3) is 21.8 Å².